The number of aromatic nitrogens is 2. The van der Waals surface area contributed by atoms with Crippen molar-refractivity contribution in [3.05, 3.63) is 28.2 Å². The molecule has 94 valence electrons. The molecule has 7 heteroatoms. The predicted octanol–water partition coefficient (Wildman–Crippen LogP) is 3.69. The average molecular weight is 302 g/mol. The van der Waals surface area contributed by atoms with Crippen LogP contribution in [-0.2, 0) is 0 Å². The number of hydrogen-bond acceptors (Lipinski definition) is 4. The van der Waals surface area contributed by atoms with E-state index in [1.165, 1.54) is 6.34 Å². The third-order valence-electron chi connectivity index (χ3n) is 2.54. The van der Waals surface area contributed by atoms with Gasteiger partial charge >= 0.3 is 0 Å². The topological polar surface area (TPSA) is 49.6 Å². The summed E-state index contributed by atoms with van der Waals surface area (Å²) in [4.78, 5) is 0. The van der Waals surface area contributed by atoms with Crippen LogP contribution >= 0.6 is 34.9 Å². The number of halogens is 2. The molecule has 0 atom stereocenters. The Morgan fingerprint density at radius 2 is 1.83 bits per heavy atom. The van der Waals surface area contributed by atoms with E-state index in [4.69, 9.17) is 28.6 Å². The van der Waals surface area contributed by atoms with Crippen LogP contribution in [0.15, 0.2) is 18.2 Å². The molecule has 0 fully saturated rings. The summed E-state index contributed by atoms with van der Waals surface area (Å²) in [6, 6.07) is 5.30. The van der Waals surface area contributed by atoms with Crippen molar-refractivity contribution in [2.75, 3.05) is 14.1 Å². The van der Waals surface area contributed by atoms with Crippen LogP contribution in [0, 0.1) is 5.41 Å². The molecule has 2 aromatic rings. The minimum absolute atomic E-state index is 0.188. The van der Waals surface area contributed by atoms with Gasteiger partial charge in [0.25, 0.3) is 5.82 Å². The predicted molar refractivity (Wildman–Crippen MR) is 77.8 cm³/mol. The van der Waals surface area contributed by atoms with Crippen molar-refractivity contribution in [1.29, 1.82) is 5.41 Å². The monoisotopic (exact) mass is 301 g/mol. The third-order valence-corrected chi connectivity index (χ3v) is 3.69. The maximum absolute atomic E-state index is 7.47. The van der Waals surface area contributed by atoms with Crippen LogP contribution in [0.25, 0.3) is 11.3 Å². The molecule has 0 amide bonds. The summed E-state index contributed by atoms with van der Waals surface area (Å²) in [5.74, 6) is 0.657. The normalized spacial score (nSPS) is 11.6. The molecule has 0 saturated heterocycles. The second kappa shape index (κ2) is 4.93. The van der Waals surface area contributed by atoms with Crippen LogP contribution < -0.4 is 4.48 Å². The van der Waals surface area contributed by atoms with Gasteiger partial charge in [-0.2, -0.15) is 4.37 Å². The fourth-order valence-electron chi connectivity index (χ4n) is 1.50. The zero-order valence-electron chi connectivity index (χ0n) is 9.82. The van der Waals surface area contributed by atoms with Crippen LogP contribution in [0.1, 0.15) is 0 Å². The first kappa shape index (κ1) is 13.4. The van der Waals surface area contributed by atoms with E-state index in [2.05, 4.69) is 8.75 Å². The maximum atomic E-state index is 7.47. The van der Waals surface area contributed by atoms with Gasteiger partial charge in [0.2, 0.25) is 0 Å². The zero-order chi connectivity index (χ0) is 13.3. The van der Waals surface area contributed by atoms with E-state index < -0.39 is 0 Å². The summed E-state index contributed by atoms with van der Waals surface area (Å²) in [5.41, 5.74) is 1.29. The van der Waals surface area contributed by atoms with Crippen molar-refractivity contribution in [3.8, 4) is 11.3 Å². The zero-order valence-corrected chi connectivity index (χ0v) is 12.1. The Hall–Kier alpha value is -1.01. The Labute approximate surface area is 119 Å². The molecule has 1 heterocycles. The number of nitrogens with zero attached hydrogens (tertiary/aromatic N) is 3. The highest BCUT2D eigenvalue weighted by atomic mass is 35.5. The molecule has 2 rings (SSSR count). The lowest BCUT2D eigenvalue weighted by Crippen LogP contribution is -2.39. The van der Waals surface area contributed by atoms with Crippen LogP contribution in [0.5, 0.6) is 0 Å². The molecular formula is C11H11Cl2N4S+. The maximum Gasteiger partial charge on any atom is 0.273 e. The van der Waals surface area contributed by atoms with Gasteiger partial charge in [0, 0.05) is 5.56 Å². The van der Waals surface area contributed by atoms with Crippen molar-refractivity contribution in [1.82, 2.24) is 13.2 Å². The summed E-state index contributed by atoms with van der Waals surface area (Å²) in [6.45, 7) is 0. The Balaban J connectivity index is 2.67. The van der Waals surface area contributed by atoms with Crippen molar-refractivity contribution < 1.29 is 0 Å². The highest BCUT2D eigenvalue weighted by molar-refractivity contribution is 6.99. The molecule has 0 radical (unpaired) electrons. The first-order chi connectivity index (χ1) is 8.47. The highest BCUT2D eigenvalue weighted by Crippen LogP contribution is 2.39. The van der Waals surface area contributed by atoms with Crippen molar-refractivity contribution >= 4 is 47.1 Å². The molecule has 0 spiro atoms. The van der Waals surface area contributed by atoms with Crippen LogP contribution in [0.4, 0.5) is 5.82 Å². The van der Waals surface area contributed by atoms with E-state index in [1.54, 1.807) is 18.2 Å². The minimum Gasteiger partial charge on any atom is -0.257 e. The number of nitrogens with one attached hydrogen (secondary N) is 1. The number of benzene rings is 1. The largest absolute Gasteiger partial charge is 0.273 e. The van der Waals surface area contributed by atoms with E-state index in [0.29, 0.717) is 27.1 Å². The summed E-state index contributed by atoms with van der Waals surface area (Å²) >= 11 is 13.4. The highest BCUT2D eigenvalue weighted by Gasteiger charge is 2.28. The van der Waals surface area contributed by atoms with Gasteiger partial charge in [0.15, 0.2) is 12.0 Å². The molecule has 0 unspecified atom stereocenters. The minimum atomic E-state index is 0.188. The standard InChI is InChI=1S/C11H11Cl2N4S/c1-17(2,6-14)11-10(15-18-16-11)9-7(12)4-3-5-8(9)13/h3-6,14H,1-2H3/q+1. The molecule has 0 aliphatic rings. The lowest BCUT2D eigenvalue weighted by Gasteiger charge is -2.20. The quantitative estimate of drug-likeness (QED) is 0.534. The van der Waals surface area contributed by atoms with Crippen LogP contribution in [-0.4, -0.2) is 29.2 Å². The Morgan fingerprint density at radius 1 is 1.22 bits per heavy atom. The van der Waals surface area contributed by atoms with E-state index in [9.17, 15) is 0 Å². The van der Waals surface area contributed by atoms with Gasteiger partial charge in [-0.25, -0.2) is 4.48 Å². The Kier molecular flexibility index (Phi) is 3.68. The summed E-state index contributed by atoms with van der Waals surface area (Å²) in [6.07, 6.45) is 1.28. The van der Waals surface area contributed by atoms with Gasteiger partial charge in [0.05, 0.1) is 35.9 Å². The molecule has 0 aliphatic carbocycles. The first-order valence-corrected chi connectivity index (χ1v) is 6.59. The van der Waals surface area contributed by atoms with Gasteiger partial charge in [-0.3, -0.25) is 5.41 Å². The Morgan fingerprint density at radius 3 is 2.39 bits per heavy atom. The Bertz CT molecular complexity index is 574. The molecule has 0 bridgehead atoms. The van der Waals surface area contributed by atoms with E-state index in [-0.39, 0.29) is 4.48 Å². The molecule has 0 aliphatic heterocycles. The first-order valence-electron chi connectivity index (χ1n) is 5.10. The average Bonchev–Trinajstić information content (AvgIpc) is 2.78. The molecular weight excluding hydrogens is 291 g/mol. The van der Waals surface area contributed by atoms with Gasteiger partial charge in [-0.1, -0.05) is 29.3 Å². The second-order valence-electron chi connectivity index (χ2n) is 4.20. The fraction of sp³-hybridized carbons (Fsp3) is 0.182. The lowest BCUT2D eigenvalue weighted by atomic mass is 10.1. The van der Waals surface area contributed by atoms with Gasteiger partial charge in [0.1, 0.15) is 0 Å². The van der Waals surface area contributed by atoms with Crippen molar-refractivity contribution in [2.45, 2.75) is 0 Å². The van der Waals surface area contributed by atoms with Crippen LogP contribution in [0.3, 0.4) is 0 Å². The molecule has 1 N–H and O–H groups in total. The molecule has 4 nitrogen and oxygen atoms in total. The fourth-order valence-corrected chi connectivity index (χ4v) is 2.75. The number of rotatable bonds is 3. The van der Waals surface area contributed by atoms with Gasteiger partial charge in [-0.05, 0) is 12.1 Å². The molecule has 1 aromatic heterocycles. The summed E-state index contributed by atoms with van der Waals surface area (Å²) in [7, 11) is 3.69. The number of quaternary nitrogens is 1. The van der Waals surface area contributed by atoms with E-state index >= 15 is 0 Å². The second-order valence-corrected chi connectivity index (χ2v) is 5.54. The van der Waals surface area contributed by atoms with Crippen LogP contribution in [0.2, 0.25) is 10.0 Å². The van der Waals surface area contributed by atoms with Gasteiger partial charge < -0.3 is 0 Å². The van der Waals surface area contributed by atoms with E-state index in [1.807, 2.05) is 14.1 Å². The molecule has 1 aromatic carbocycles. The van der Waals surface area contributed by atoms with Gasteiger partial charge in [-0.15, -0.1) is 4.37 Å². The SMILES string of the molecule is C[N+](C)(C=N)c1nsnc1-c1c(Cl)cccc1Cl. The smallest absolute Gasteiger partial charge is 0.257 e. The summed E-state index contributed by atoms with van der Waals surface area (Å²) < 4.78 is 8.70. The summed E-state index contributed by atoms with van der Waals surface area (Å²) in [5, 5.41) is 8.52. The van der Waals surface area contributed by atoms with E-state index in [0.717, 1.165) is 11.7 Å². The third kappa shape index (κ3) is 2.27. The van der Waals surface area contributed by atoms with Crippen molar-refractivity contribution in [3.63, 3.8) is 0 Å². The van der Waals surface area contributed by atoms with Crippen molar-refractivity contribution in [2.24, 2.45) is 0 Å². The molecule has 18 heavy (non-hydrogen) atoms. The molecule has 0 saturated carbocycles. The number of hydrogen-bond donors (Lipinski definition) is 1. The lowest BCUT2D eigenvalue weighted by molar-refractivity contribution is 0.597.